The van der Waals surface area contributed by atoms with Gasteiger partial charge in [0.25, 0.3) is 0 Å². The minimum absolute atomic E-state index is 0.0191. The topological polar surface area (TPSA) is 182 Å². The van der Waals surface area contributed by atoms with Crippen LogP contribution in [0.4, 0.5) is 0 Å². The zero-order chi connectivity index (χ0) is 22.0. The molecule has 0 aliphatic carbocycles. The second-order valence-corrected chi connectivity index (χ2v) is 7.05. The van der Waals surface area contributed by atoms with E-state index in [9.17, 15) is 28.8 Å². The van der Waals surface area contributed by atoms with Crippen LogP contribution in [0.15, 0.2) is 0 Å². The molecule has 0 aromatic heterocycles. The summed E-state index contributed by atoms with van der Waals surface area (Å²) in [5, 5.41) is 25.0. The number of rotatable bonds is 13. The Hall–Kier alpha value is -2.67. The fraction of sp³-hybridized carbons (Fsp3) is 0.625. The lowest BCUT2D eigenvalue weighted by atomic mass is 10.1. The fourth-order valence-electron chi connectivity index (χ4n) is 2.42. The van der Waals surface area contributed by atoms with Crippen molar-refractivity contribution in [1.82, 2.24) is 20.3 Å². The quantitative estimate of drug-likeness (QED) is 0.166. The Balaban J connectivity index is 2.68. The first-order valence-corrected chi connectivity index (χ1v) is 9.83. The molecule has 0 saturated carbocycles. The molecular formula is C16H24N4O8S. The molecule has 2 atom stereocenters. The monoisotopic (exact) mass is 432 g/mol. The molecule has 1 heterocycles. The molecule has 162 valence electrons. The number of aliphatic carboxylic acids is 2. The van der Waals surface area contributed by atoms with Crippen LogP contribution in [-0.2, 0) is 28.8 Å². The summed E-state index contributed by atoms with van der Waals surface area (Å²) in [5.74, 6) is -4.81. The summed E-state index contributed by atoms with van der Waals surface area (Å²) in [6.45, 7) is 1.45. The average Bonchev–Trinajstić information content (AvgIpc) is 2.97. The van der Waals surface area contributed by atoms with Gasteiger partial charge in [0.1, 0.15) is 18.6 Å². The molecular weight excluding hydrogens is 408 g/mol. The Morgan fingerprint density at radius 1 is 1.10 bits per heavy atom. The van der Waals surface area contributed by atoms with E-state index in [0.29, 0.717) is 6.54 Å². The molecule has 0 unspecified atom stereocenters. The maximum Gasteiger partial charge on any atom is 0.322 e. The summed E-state index contributed by atoms with van der Waals surface area (Å²) in [6, 6.07) is -2.14. The van der Waals surface area contributed by atoms with E-state index in [4.69, 9.17) is 10.2 Å². The first-order valence-electron chi connectivity index (χ1n) is 8.89. The van der Waals surface area contributed by atoms with E-state index in [2.05, 4.69) is 16.0 Å². The van der Waals surface area contributed by atoms with E-state index in [0.717, 1.165) is 16.3 Å². The highest BCUT2D eigenvalue weighted by atomic mass is 32.2. The number of likely N-dealkylation sites (N-methyl/N-ethyl adjacent to an activating group) is 1. The molecule has 0 bridgehead atoms. The molecule has 1 rings (SSSR count). The van der Waals surface area contributed by atoms with Gasteiger partial charge in [0, 0.05) is 25.0 Å². The molecule has 0 aromatic rings. The second kappa shape index (κ2) is 12.0. The van der Waals surface area contributed by atoms with E-state index in [1.807, 2.05) is 0 Å². The van der Waals surface area contributed by atoms with Crippen molar-refractivity contribution >= 4 is 47.5 Å². The van der Waals surface area contributed by atoms with Gasteiger partial charge >= 0.3 is 11.9 Å². The number of carbonyl (C=O) groups is 6. The Kier molecular flexibility index (Phi) is 10.1. The Labute approximate surface area is 170 Å². The predicted molar refractivity (Wildman–Crippen MR) is 100 cm³/mol. The summed E-state index contributed by atoms with van der Waals surface area (Å²) >= 11 is 0.755. The van der Waals surface area contributed by atoms with Crippen molar-refractivity contribution in [3.63, 3.8) is 0 Å². The van der Waals surface area contributed by atoms with E-state index in [-0.39, 0.29) is 31.4 Å². The molecule has 1 fully saturated rings. The molecule has 29 heavy (non-hydrogen) atoms. The van der Waals surface area contributed by atoms with Crippen molar-refractivity contribution in [3.8, 4) is 0 Å². The van der Waals surface area contributed by atoms with Crippen LogP contribution >= 0.6 is 11.9 Å². The molecule has 1 saturated heterocycles. The van der Waals surface area contributed by atoms with Crippen LogP contribution in [0.2, 0.25) is 0 Å². The van der Waals surface area contributed by atoms with Gasteiger partial charge in [0.15, 0.2) is 0 Å². The number of hydrogen-bond donors (Lipinski definition) is 5. The SMILES string of the molecule is CCN[C@@H](CCC(=O)N[C@@H](CSN1C(=O)CCC1=O)C(=O)NCC(=O)O)C(=O)O. The largest absolute Gasteiger partial charge is 0.480 e. The molecule has 0 radical (unpaired) electrons. The van der Waals surface area contributed by atoms with Crippen LogP contribution < -0.4 is 16.0 Å². The maximum atomic E-state index is 12.2. The van der Waals surface area contributed by atoms with Gasteiger partial charge in [0.2, 0.25) is 23.6 Å². The van der Waals surface area contributed by atoms with Gasteiger partial charge in [0.05, 0.1) is 0 Å². The normalized spacial score (nSPS) is 15.7. The number of carboxylic acids is 2. The van der Waals surface area contributed by atoms with Crippen LogP contribution in [0.1, 0.15) is 32.6 Å². The minimum atomic E-state index is -1.28. The third-order valence-corrected chi connectivity index (χ3v) is 5.00. The lowest BCUT2D eigenvalue weighted by Crippen LogP contribution is -2.50. The van der Waals surface area contributed by atoms with Crippen LogP contribution in [0.5, 0.6) is 0 Å². The van der Waals surface area contributed by atoms with Gasteiger partial charge in [-0.05, 0) is 24.9 Å². The fourth-order valence-corrected chi connectivity index (χ4v) is 3.42. The Morgan fingerprint density at radius 3 is 2.24 bits per heavy atom. The molecule has 1 aliphatic rings. The zero-order valence-corrected chi connectivity index (χ0v) is 16.6. The summed E-state index contributed by atoms with van der Waals surface area (Å²) in [6.07, 6.45) is -0.0855. The lowest BCUT2D eigenvalue weighted by molar-refractivity contribution is -0.140. The van der Waals surface area contributed by atoms with Crippen LogP contribution in [0, 0.1) is 0 Å². The predicted octanol–water partition coefficient (Wildman–Crippen LogP) is -1.69. The highest BCUT2D eigenvalue weighted by Crippen LogP contribution is 2.22. The van der Waals surface area contributed by atoms with Crippen LogP contribution in [0.25, 0.3) is 0 Å². The molecule has 12 nitrogen and oxygen atoms in total. The molecule has 5 N–H and O–H groups in total. The molecule has 0 spiro atoms. The minimum Gasteiger partial charge on any atom is -0.480 e. The molecule has 0 aromatic carbocycles. The first kappa shape index (κ1) is 24.4. The second-order valence-electron chi connectivity index (χ2n) is 6.10. The Morgan fingerprint density at radius 2 is 1.72 bits per heavy atom. The van der Waals surface area contributed by atoms with Crippen molar-refractivity contribution in [2.45, 2.75) is 44.7 Å². The van der Waals surface area contributed by atoms with Gasteiger partial charge in [-0.2, -0.15) is 0 Å². The van der Waals surface area contributed by atoms with E-state index in [1.54, 1.807) is 6.92 Å². The third kappa shape index (κ3) is 8.48. The summed E-state index contributed by atoms with van der Waals surface area (Å²) < 4.78 is 0.912. The van der Waals surface area contributed by atoms with Crippen molar-refractivity contribution in [2.24, 2.45) is 0 Å². The maximum absolute atomic E-state index is 12.2. The summed E-state index contributed by atoms with van der Waals surface area (Å²) in [7, 11) is 0. The average molecular weight is 432 g/mol. The smallest absolute Gasteiger partial charge is 0.322 e. The molecule has 1 aliphatic heterocycles. The summed E-state index contributed by atoms with van der Waals surface area (Å²) in [5.41, 5.74) is 0. The van der Waals surface area contributed by atoms with Gasteiger partial charge in [-0.3, -0.25) is 28.8 Å². The van der Waals surface area contributed by atoms with Crippen LogP contribution in [0.3, 0.4) is 0 Å². The number of nitrogens with one attached hydrogen (secondary N) is 3. The van der Waals surface area contributed by atoms with Crippen molar-refractivity contribution in [2.75, 3.05) is 18.8 Å². The van der Waals surface area contributed by atoms with Crippen molar-refractivity contribution in [1.29, 1.82) is 0 Å². The number of carbonyl (C=O) groups excluding carboxylic acids is 4. The number of carboxylic acid groups (broad SMARTS) is 2. The Bertz CT molecular complexity index is 655. The first-order chi connectivity index (χ1) is 13.6. The van der Waals surface area contributed by atoms with Gasteiger partial charge in [-0.1, -0.05) is 6.92 Å². The molecule has 13 heteroatoms. The number of nitrogens with zero attached hydrogens (tertiary/aromatic N) is 1. The lowest BCUT2D eigenvalue weighted by Gasteiger charge is -2.20. The van der Waals surface area contributed by atoms with Crippen molar-refractivity contribution in [3.05, 3.63) is 0 Å². The number of amides is 4. The number of imide groups is 1. The van der Waals surface area contributed by atoms with Crippen LogP contribution in [-0.4, -0.2) is 81.0 Å². The van der Waals surface area contributed by atoms with E-state index < -0.39 is 54.2 Å². The van der Waals surface area contributed by atoms with E-state index in [1.165, 1.54) is 0 Å². The summed E-state index contributed by atoms with van der Waals surface area (Å²) in [4.78, 5) is 69.4. The highest BCUT2D eigenvalue weighted by Gasteiger charge is 2.32. The molecule has 4 amide bonds. The third-order valence-electron chi connectivity index (χ3n) is 3.85. The van der Waals surface area contributed by atoms with Gasteiger partial charge < -0.3 is 26.2 Å². The standard InChI is InChI=1S/C16H24N4O8S/c1-2-17-9(16(27)28)3-4-11(21)19-10(15(26)18-7-14(24)25)8-29-20-12(22)5-6-13(20)23/h9-10,17H,2-8H2,1H3,(H,18,26)(H,19,21)(H,24,25)(H,27,28)/t9-,10-/m0/s1. The van der Waals surface area contributed by atoms with Gasteiger partial charge in [-0.25, -0.2) is 4.31 Å². The zero-order valence-electron chi connectivity index (χ0n) is 15.8. The number of hydrogen-bond acceptors (Lipinski definition) is 8. The van der Waals surface area contributed by atoms with Gasteiger partial charge in [-0.15, -0.1) is 0 Å². The van der Waals surface area contributed by atoms with E-state index >= 15 is 0 Å². The highest BCUT2D eigenvalue weighted by molar-refractivity contribution is 7.98. The van der Waals surface area contributed by atoms with Crippen molar-refractivity contribution < 1.29 is 39.0 Å².